The lowest BCUT2D eigenvalue weighted by Gasteiger charge is -2.27. The van der Waals surface area contributed by atoms with Crippen LogP contribution in [0.2, 0.25) is 0 Å². The molecule has 1 aromatic heterocycles. The highest BCUT2D eigenvalue weighted by atomic mass is 19.3. The van der Waals surface area contributed by atoms with E-state index in [9.17, 15) is 22.8 Å². The van der Waals surface area contributed by atoms with Crippen LogP contribution in [0.4, 0.5) is 13.2 Å². The van der Waals surface area contributed by atoms with Crippen LogP contribution in [0, 0.1) is 0 Å². The number of hydrogen-bond acceptors (Lipinski definition) is 7. The van der Waals surface area contributed by atoms with Crippen molar-refractivity contribution >= 4 is 11.9 Å². The van der Waals surface area contributed by atoms with Crippen LogP contribution < -0.4 is 4.74 Å². The number of nitrogens with zero attached hydrogens (tertiary/aromatic N) is 2. The van der Waals surface area contributed by atoms with Crippen molar-refractivity contribution in [2.45, 2.75) is 96.8 Å². The van der Waals surface area contributed by atoms with Crippen molar-refractivity contribution in [3.63, 3.8) is 0 Å². The molecule has 7 nitrogen and oxygen atoms in total. The lowest BCUT2D eigenvalue weighted by atomic mass is 10.1. The molecular formula is C35H43F3N2O5. The van der Waals surface area contributed by atoms with Crippen LogP contribution in [0.25, 0.3) is 22.5 Å². The van der Waals surface area contributed by atoms with E-state index in [1.165, 1.54) is 56.4 Å². The molecule has 0 radical (unpaired) electrons. The van der Waals surface area contributed by atoms with Crippen molar-refractivity contribution in [1.29, 1.82) is 0 Å². The monoisotopic (exact) mass is 628 g/mol. The van der Waals surface area contributed by atoms with Gasteiger partial charge in [-0.1, -0.05) is 89.5 Å². The molecule has 0 saturated heterocycles. The summed E-state index contributed by atoms with van der Waals surface area (Å²) in [5.74, 6) is -2.14. The van der Waals surface area contributed by atoms with Gasteiger partial charge in [-0.15, -0.1) is 0 Å². The van der Waals surface area contributed by atoms with E-state index >= 15 is 0 Å². The zero-order valence-corrected chi connectivity index (χ0v) is 26.3. The van der Waals surface area contributed by atoms with Crippen LogP contribution in [0.3, 0.4) is 0 Å². The number of carbonyl (C=O) groups excluding carboxylic acids is 2. The number of esters is 2. The Morgan fingerprint density at radius 2 is 1.22 bits per heavy atom. The Morgan fingerprint density at radius 3 is 1.84 bits per heavy atom. The first-order valence-corrected chi connectivity index (χ1v) is 15.7. The molecule has 3 aromatic rings. The standard InChI is InChI=1S/C35H43F3N2O5/c1-4-6-8-10-11-13-22-43-30-20-18-26(19-21-30)29-24-39-31(40-25-29)27-14-16-28(17-15-27)32(41)45-35(37,38)34(3,36)33(42)44-23-12-9-7-5-2/h14-21,24-25H,4-13,22-23H2,1-3H3. The molecule has 0 fully saturated rings. The van der Waals surface area contributed by atoms with Crippen molar-refractivity contribution in [1.82, 2.24) is 9.97 Å². The SMILES string of the molecule is CCCCCCCCOc1ccc(-c2cnc(-c3ccc(C(=O)OC(F)(F)C(C)(F)C(=O)OCCCCCC)cc3)nc2)cc1. The first-order chi connectivity index (χ1) is 21.6. The molecule has 244 valence electrons. The highest BCUT2D eigenvalue weighted by Gasteiger charge is 2.62. The van der Waals surface area contributed by atoms with Crippen molar-refractivity contribution in [2.24, 2.45) is 0 Å². The van der Waals surface area contributed by atoms with Crippen molar-refractivity contribution in [2.75, 3.05) is 13.2 Å². The van der Waals surface area contributed by atoms with Gasteiger partial charge in [-0.2, -0.15) is 8.78 Å². The van der Waals surface area contributed by atoms with E-state index in [0.717, 1.165) is 36.1 Å². The van der Waals surface area contributed by atoms with Crippen LogP contribution in [0.5, 0.6) is 5.75 Å². The highest BCUT2D eigenvalue weighted by molar-refractivity contribution is 5.91. The second kappa shape index (κ2) is 17.5. The number of benzene rings is 2. The van der Waals surface area contributed by atoms with Gasteiger partial charge in [-0.3, -0.25) is 0 Å². The van der Waals surface area contributed by atoms with Gasteiger partial charge >= 0.3 is 23.7 Å². The molecule has 1 atom stereocenters. The predicted octanol–water partition coefficient (Wildman–Crippen LogP) is 9.15. The number of carbonyl (C=O) groups is 2. The van der Waals surface area contributed by atoms with Crippen LogP contribution in [-0.4, -0.2) is 46.9 Å². The number of hydrogen-bond donors (Lipinski definition) is 0. The average molecular weight is 629 g/mol. The Labute approximate surface area is 263 Å². The summed E-state index contributed by atoms with van der Waals surface area (Å²) < 4.78 is 58.5. The van der Waals surface area contributed by atoms with E-state index in [4.69, 9.17) is 4.74 Å². The summed E-state index contributed by atoms with van der Waals surface area (Å²) in [5.41, 5.74) is -1.91. The first kappa shape index (κ1) is 35.5. The molecule has 0 N–H and O–H groups in total. The summed E-state index contributed by atoms with van der Waals surface area (Å²) >= 11 is 0. The molecule has 10 heteroatoms. The smallest absolute Gasteiger partial charge is 0.446 e. The van der Waals surface area contributed by atoms with Gasteiger partial charge in [0.2, 0.25) is 0 Å². The summed E-state index contributed by atoms with van der Waals surface area (Å²) in [4.78, 5) is 33.2. The molecular weight excluding hydrogens is 585 g/mol. The lowest BCUT2D eigenvalue weighted by molar-refractivity contribution is -0.274. The topological polar surface area (TPSA) is 87.6 Å². The molecule has 0 bridgehead atoms. The van der Waals surface area contributed by atoms with E-state index in [1.54, 1.807) is 12.4 Å². The molecule has 2 aromatic carbocycles. The number of unbranched alkanes of at least 4 members (excludes halogenated alkanes) is 8. The number of halogens is 3. The van der Waals surface area contributed by atoms with Crippen molar-refractivity contribution in [3.8, 4) is 28.3 Å². The summed E-state index contributed by atoms with van der Waals surface area (Å²) in [7, 11) is 0. The quantitative estimate of drug-likeness (QED) is 0.0966. The zero-order chi connectivity index (χ0) is 32.7. The number of rotatable bonds is 19. The van der Waals surface area contributed by atoms with Crippen LogP contribution in [-0.2, 0) is 14.3 Å². The maximum atomic E-state index is 14.8. The molecule has 0 spiro atoms. The normalized spacial score (nSPS) is 12.8. The van der Waals surface area contributed by atoms with Gasteiger partial charge in [-0.25, -0.2) is 23.9 Å². The predicted molar refractivity (Wildman–Crippen MR) is 167 cm³/mol. The van der Waals surface area contributed by atoms with E-state index in [2.05, 4.69) is 26.4 Å². The molecule has 0 aliphatic carbocycles. The summed E-state index contributed by atoms with van der Waals surface area (Å²) in [6.07, 6.45) is 8.71. The Bertz CT molecular complexity index is 1330. The van der Waals surface area contributed by atoms with Gasteiger partial charge in [0.05, 0.1) is 18.8 Å². The Balaban J connectivity index is 1.53. The molecule has 0 amide bonds. The van der Waals surface area contributed by atoms with Crippen LogP contribution in [0.15, 0.2) is 60.9 Å². The fraction of sp³-hybridized carbons (Fsp3) is 0.486. The second-order valence-electron chi connectivity index (χ2n) is 11.1. The third-order valence-corrected chi connectivity index (χ3v) is 7.37. The maximum absolute atomic E-state index is 14.8. The van der Waals surface area contributed by atoms with E-state index < -0.39 is 23.7 Å². The Hall–Kier alpha value is -3.95. The average Bonchev–Trinajstić information content (AvgIpc) is 3.04. The Morgan fingerprint density at radius 1 is 0.689 bits per heavy atom. The maximum Gasteiger partial charge on any atom is 0.446 e. The van der Waals surface area contributed by atoms with Gasteiger partial charge in [0.15, 0.2) is 5.82 Å². The minimum absolute atomic E-state index is 0.201. The minimum Gasteiger partial charge on any atom is -0.494 e. The third kappa shape index (κ3) is 10.6. The molecule has 0 aliphatic heterocycles. The fourth-order valence-electron chi connectivity index (χ4n) is 4.42. The molecule has 45 heavy (non-hydrogen) atoms. The van der Waals surface area contributed by atoms with Crippen molar-refractivity contribution < 1.29 is 37.0 Å². The molecule has 1 unspecified atom stereocenters. The van der Waals surface area contributed by atoms with Gasteiger partial charge in [-0.05, 0) is 49.6 Å². The number of alkyl halides is 3. The zero-order valence-electron chi connectivity index (χ0n) is 26.3. The third-order valence-electron chi connectivity index (χ3n) is 7.37. The molecule has 0 saturated carbocycles. The van der Waals surface area contributed by atoms with Crippen LogP contribution >= 0.6 is 0 Å². The van der Waals surface area contributed by atoms with E-state index in [1.807, 2.05) is 31.2 Å². The highest BCUT2D eigenvalue weighted by Crippen LogP contribution is 2.36. The lowest BCUT2D eigenvalue weighted by Crippen LogP contribution is -2.51. The summed E-state index contributed by atoms with van der Waals surface area (Å²) in [5, 5.41) is 0. The van der Waals surface area contributed by atoms with Gasteiger partial charge in [0, 0.05) is 23.5 Å². The Kier molecular flexibility index (Phi) is 13.8. The van der Waals surface area contributed by atoms with Crippen molar-refractivity contribution in [3.05, 3.63) is 66.5 Å². The summed E-state index contributed by atoms with van der Waals surface area (Å²) in [6.45, 7) is 5.00. The van der Waals surface area contributed by atoms with E-state index in [-0.39, 0.29) is 12.2 Å². The minimum atomic E-state index is -4.75. The largest absolute Gasteiger partial charge is 0.494 e. The van der Waals surface area contributed by atoms with Crippen LogP contribution in [0.1, 0.15) is 95.3 Å². The second-order valence-corrected chi connectivity index (χ2v) is 11.1. The molecule has 3 rings (SSSR count). The molecule has 1 heterocycles. The number of ether oxygens (including phenoxy) is 3. The van der Waals surface area contributed by atoms with Gasteiger partial charge in [0.25, 0.3) is 0 Å². The van der Waals surface area contributed by atoms with Gasteiger partial charge < -0.3 is 14.2 Å². The fourth-order valence-corrected chi connectivity index (χ4v) is 4.42. The molecule has 0 aliphatic rings. The number of aromatic nitrogens is 2. The first-order valence-electron chi connectivity index (χ1n) is 15.7. The van der Waals surface area contributed by atoms with Gasteiger partial charge in [0.1, 0.15) is 5.75 Å². The summed E-state index contributed by atoms with van der Waals surface area (Å²) in [6, 6.07) is 13.1. The van der Waals surface area contributed by atoms with E-state index in [0.29, 0.717) is 37.8 Å².